The first-order valence-corrected chi connectivity index (χ1v) is 8.85. The zero-order valence-electron chi connectivity index (χ0n) is 15.5. The van der Waals surface area contributed by atoms with Crippen molar-refractivity contribution in [1.82, 2.24) is 5.32 Å². The zero-order valence-corrected chi connectivity index (χ0v) is 15.5. The molecule has 0 aliphatic rings. The molecule has 2 amide bonds. The molecule has 0 saturated heterocycles. The number of unbranched alkanes of at least 4 members (excludes halogenated alkanes) is 4. The molecule has 1 aromatic rings. The van der Waals surface area contributed by atoms with Crippen LogP contribution in [0.5, 0.6) is 0 Å². The van der Waals surface area contributed by atoms with Gasteiger partial charge >= 0.3 is 5.97 Å². The van der Waals surface area contributed by atoms with Gasteiger partial charge in [-0.25, -0.2) is 4.79 Å². The number of para-hydroxylation sites is 1. The molecule has 0 aromatic heterocycles. The van der Waals surface area contributed by atoms with Gasteiger partial charge < -0.3 is 15.4 Å². The van der Waals surface area contributed by atoms with Crippen LogP contribution in [0.15, 0.2) is 36.9 Å². The van der Waals surface area contributed by atoms with Gasteiger partial charge in [0.1, 0.15) is 6.04 Å². The highest BCUT2D eigenvalue weighted by Crippen LogP contribution is 2.16. The van der Waals surface area contributed by atoms with E-state index < -0.39 is 17.9 Å². The molecule has 0 fully saturated rings. The standard InChI is InChI=1S/C20H28N2O4/c1-4-5-6-7-8-9-14-18(20(25)26-3)22-19(24)16-12-10-11-13-17(16)21-15(2)23/h4,10-13,18H,1,5-9,14H2,2-3H3,(H,21,23)(H,22,24)/t18-/m1/s1. The number of esters is 1. The van der Waals surface area contributed by atoms with Crippen molar-refractivity contribution < 1.29 is 19.1 Å². The molecule has 0 unspecified atom stereocenters. The molecule has 1 rings (SSSR count). The van der Waals surface area contributed by atoms with E-state index in [1.54, 1.807) is 24.3 Å². The number of carbonyl (C=O) groups excluding carboxylic acids is 3. The molecule has 6 heteroatoms. The van der Waals surface area contributed by atoms with Crippen LogP contribution < -0.4 is 10.6 Å². The van der Waals surface area contributed by atoms with Crippen LogP contribution in [0.25, 0.3) is 0 Å². The molecule has 0 spiro atoms. The number of allylic oxidation sites excluding steroid dienone is 1. The number of ether oxygens (including phenoxy) is 1. The SMILES string of the molecule is C=CCCCCCC[C@@H](NC(=O)c1ccccc1NC(C)=O)C(=O)OC. The number of anilines is 1. The number of nitrogens with one attached hydrogen (secondary N) is 2. The van der Waals surface area contributed by atoms with Crippen LogP contribution in [-0.2, 0) is 14.3 Å². The highest BCUT2D eigenvalue weighted by Gasteiger charge is 2.23. The number of carbonyl (C=O) groups is 3. The van der Waals surface area contributed by atoms with Gasteiger partial charge in [-0.1, -0.05) is 37.5 Å². The van der Waals surface area contributed by atoms with Gasteiger partial charge in [0.05, 0.1) is 18.4 Å². The van der Waals surface area contributed by atoms with E-state index in [0.717, 1.165) is 32.1 Å². The second-order valence-corrected chi connectivity index (χ2v) is 6.06. The molecule has 0 heterocycles. The summed E-state index contributed by atoms with van der Waals surface area (Å²) in [6, 6.07) is 5.96. The maximum atomic E-state index is 12.6. The molecular weight excluding hydrogens is 332 g/mol. The molecule has 2 N–H and O–H groups in total. The molecular formula is C20H28N2O4. The second kappa shape index (κ2) is 11.8. The first-order valence-electron chi connectivity index (χ1n) is 8.85. The molecule has 0 aliphatic heterocycles. The summed E-state index contributed by atoms with van der Waals surface area (Å²) in [4.78, 5) is 35.8. The van der Waals surface area contributed by atoms with Crippen LogP contribution in [0.2, 0.25) is 0 Å². The van der Waals surface area contributed by atoms with E-state index in [2.05, 4.69) is 17.2 Å². The average molecular weight is 360 g/mol. The molecule has 142 valence electrons. The van der Waals surface area contributed by atoms with E-state index in [0.29, 0.717) is 17.7 Å². The van der Waals surface area contributed by atoms with Gasteiger partial charge in [-0.05, 0) is 31.4 Å². The largest absolute Gasteiger partial charge is 0.467 e. The summed E-state index contributed by atoms with van der Waals surface area (Å²) >= 11 is 0. The number of hydrogen-bond acceptors (Lipinski definition) is 4. The Morgan fingerprint density at radius 2 is 1.85 bits per heavy atom. The summed E-state index contributed by atoms with van der Waals surface area (Å²) in [5, 5.41) is 5.34. The molecule has 0 aliphatic carbocycles. The van der Waals surface area contributed by atoms with Crippen LogP contribution >= 0.6 is 0 Å². The quantitative estimate of drug-likeness (QED) is 0.360. The van der Waals surface area contributed by atoms with Crippen molar-refractivity contribution >= 4 is 23.5 Å². The first kappa shape index (κ1) is 21.4. The maximum absolute atomic E-state index is 12.6. The Hall–Kier alpha value is -2.63. The maximum Gasteiger partial charge on any atom is 0.328 e. The Balaban J connectivity index is 2.69. The van der Waals surface area contributed by atoms with Crippen LogP contribution in [0, 0.1) is 0 Å². The predicted molar refractivity (Wildman–Crippen MR) is 102 cm³/mol. The lowest BCUT2D eigenvalue weighted by Gasteiger charge is -2.17. The molecule has 0 saturated carbocycles. The molecule has 26 heavy (non-hydrogen) atoms. The number of rotatable bonds is 11. The van der Waals surface area contributed by atoms with Crippen molar-refractivity contribution in [2.75, 3.05) is 12.4 Å². The van der Waals surface area contributed by atoms with Gasteiger partial charge in [0.15, 0.2) is 0 Å². The van der Waals surface area contributed by atoms with E-state index in [-0.39, 0.29) is 5.91 Å². The fraction of sp³-hybridized carbons (Fsp3) is 0.450. The van der Waals surface area contributed by atoms with E-state index in [4.69, 9.17) is 4.74 Å². The Morgan fingerprint density at radius 1 is 1.15 bits per heavy atom. The zero-order chi connectivity index (χ0) is 19.4. The van der Waals surface area contributed by atoms with Crippen LogP contribution in [0.4, 0.5) is 5.69 Å². The summed E-state index contributed by atoms with van der Waals surface area (Å²) in [6.07, 6.45) is 7.29. The number of benzene rings is 1. The Bertz CT molecular complexity index is 628. The van der Waals surface area contributed by atoms with Gasteiger partial charge in [0, 0.05) is 6.92 Å². The summed E-state index contributed by atoms with van der Waals surface area (Å²) in [7, 11) is 1.30. The van der Waals surface area contributed by atoms with Crippen LogP contribution in [0.1, 0.15) is 55.8 Å². The molecule has 1 aromatic carbocycles. The average Bonchev–Trinajstić information content (AvgIpc) is 2.62. The fourth-order valence-electron chi connectivity index (χ4n) is 2.60. The second-order valence-electron chi connectivity index (χ2n) is 6.06. The Labute approximate surface area is 155 Å². The van der Waals surface area contributed by atoms with Crippen molar-refractivity contribution in [3.8, 4) is 0 Å². The lowest BCUT2D eigenvalue weighted by molar-refractivity contribution is -0.143. The highest BCUT2D eigenvalue weighted by atomic mass is 16.5. The summed E-state index contributed by atoms with van der Waals surface area (Å²) < 4.78 is 4.80. The molecule has 6 nitrogen and oxygen atoms in total. The summed E-state index contributed by atoms with van der Waals surface area (Å²) in [6.45, 7) is 5.07. The summed E-state index contributed by atoms with van der Waals surface area (Å²) in [5.74, 6) is -1.16. The normalized spacial score (nSPS) is 11.3. The van der Waals surface area contributed by atoms with E-state index in [1.807, 2.05) is 6.08 Å². The third-order valence-electron chi connectivity index (χ3n) is 3.92. The lowest BCUT2D eigenvalue weighted by atomic mass is 10.1. The topological polar surface area (TPSA) is 84.5 Å². The highest BCUT2D eigenvalue weighted by molar-refractivity contribution is 6.04. The predicted octanol–water partition coefficient (Wildman–Crippen LogP) is 3.44. The smallest absolute Gasteiger partial charge is 0.328 e. The number of hydrogen-bond donors (Lipinski definition) is 2. The van der Waals surface area contributed by atoms with E-state index in [1.165, 1.54) is 14.0 Å². The van der Waals surface area contributed by atoms with Crippen molar-refractivity contribution in [1.29, 1.82) is 0 Å². The van der Waals surface area contributed by atoms with E-state index in [9.17, 15) is 14.4 Å². The third kappa shape index (κ3) is 7.51. The van der Waals surface area contributed by atoms with Gasteiger partial charge in [0.2, 0.25) is 5.91 Å². The van der Waals surface area contributed by atoms with Crippen molar-refractivity contribution in [2.45, 2.75) is 51.5 Å². The monoisotopic (exact) mass is 360 g/mol. The lowest BCUT2D eigenvalue weighted by Crippen LogP contribution is -2.41. The van der Waals surface area contributed by atoms with Gasteiger partial charge in [-0.3, -0.25) is 9.59 Å². The Morgan fingerprint density at radius 3 is 2.50 bits per heavy atom. The minimum atomic E-state index is -0.711. The molecule has 1 atom stereocenters. The van der Waals surface area contributed by atoms with Crippen LogP contribution in [-0.4, -0.2) is 30.9 Å². The van der Waals surface area contributed by atoms with Crippen molar-refractivity contribution in [2.24, 2.45) is 0 Å². The first-order chi connectivity index (χ1) is 12.5. The molecule has 0 radical (unpaired) electrons. The van der Waals surface area contributed by atoms with Gasteiger partial charge in [-0.2, -0.15) is 0 Å². The van der Waals surface area contributed by atoms with Crippen molar-refractivity contribution in [3.63, 3.8) is 0 Å². The summed E-state index contributed by atoms with van der Waals surface area (Å²) in [5.41, 5.74) is 0.716. The van der Waals surface area contributed by atoms with E-state index >= 15 is 0 Å². The minimum Gasteiger partial charge on any atom is -0.467 e. The van der Waals surface area contributed by atoms with Gasteiger partial charge in [0.25, 0.3) is 5.91 Å². The number of methoxy groups -OCH3 is 1. The third-order valence-corrected chi connectivity index (χ3v) is 3.92. The number of amides is 2. The van der Waals surface area contributed by atoms with Crippen LogP contribution in [0.3, 0.4) is 0 Å². The van der Waals surface area contributed by atoms with Gasteiger partial charge in [-0.15, -0.1) is 6.58 Å². The van der Waals surface area contributed by atoms with Crippen molar-refractivity contribution in [3.05, 3.63) is 42.5 Å². The fourth-order valence-corrected chi connectivity index (χ4v) is 2.60. The Kier molecular flexibility index (Phi) is 9.75. The molecule has 0 bridgehead atoms. The minimum absolute atomic E-state index is 0.269.